The van der Waals surface area contributed by atoms with Gasteiger partial charge < -0.3 is 10.4 Å². The fraction of sp³-hybridized carbons (Fsp3) is 0.200. The maximum Gasteiger partial charge on any atom is 0.404 e. The van der Waals surface area contributed by atoms with Crippen molar-refractivity contribution in [2.24, 2.45) is 0 Å². The smallest absolute Gasteiger partial charge is 0.404 e. The Morgan fingerprint density at radius 2 is 1.78 bits per heavy atom. The number of sulfonamides is 1. The molecule has 0 spiro atoms. The van der Waals surface area contributed by atoms with Crippen LogP contribution >= 0.6 is 0 Å². The molecule has 1 rings (SSSR count). The molecule has 0 aliphatic rings. The fourth-order valence-corrected chi connectivity index (χ4v) is 2.18. The zero-order valence-corrected chi connectivity index (χ0v) is 10.1. The van der Waals surface area contributed by atoms with Gasteiger partial charge in [0.05, 0.1) is 4.90 Å². The third-order valence-corrected chi connectivity index (χ3v) is 3.32. The first kappa shape index (κ1) is 14.0. The van der Waals surface area contributed by atoms with Crippen molar-refractivity contribution >= 4 is 22.0 Å². The van der Waals surface area contributed by atoms with Crippen molar-refractivity contribution in [1.29, 1.82) is 0 Å². The third-order valence-electron chi connectivity index (χ3n) is 1.93. The van der Waals surface area contributed by atoms with E-state index in [2.05, 4.69) is 0 Å². The van der Waals surface area contributed by atoms with Crippen molar-refractivity contribution in [2.45, 2.75) is 11.3 Å². The van der Waals surface area contributed by atoms with Gasteiger partial charge in [-0.1, -0.05) is 18.2 Å². The third kappa shape index (κ3) is 4.42. The van der Waals surface area contributed by atoms with Gasteiger partial charge >= 0.3 is 6.09 Å². The van der Waals surface area contributed by atoms with Gasteiger partial charge in [-0.2, -0.15) is 0 Å². The van der Waals surface area contributed by atoms with E-state index in [1.807, 2.05) is 10.0 Å². The average molecular weight is 272 g/mol. The largest absolute Gasteiger partial charge is 0.465 e. The summed E-state index contributed by atoms with van der Waals surface area (Å²) in [6.07, 6.45) is -1.52. The van der Waals surface area contributed by atoms with Crippen LogP contribution in [0.3, 0.4) is 0 Å². The van der Waals surface area contributed by atoms with Gasteiger partial charge in [-0.25, -0.2) is 17.9 Å². The number of hydrogen-bond donors (Lipinski definition) is 3. The highest BCUT2D eigenvalue weighted by Gasteiger charge is 2.16. The summed E-state index contributed by atoms with van der Waals surface area (Å²) >= 11 is 0. The number of benzene rings is 1. The molecule has 0 unspecified atom stereocenters. The summed E-state index contributed by atoms with van der Waals surface area (Å²) < 4.78 is 25.2. The van der Waals surface area contributed by atoms with E-state index >= 15 is 0 Å². The molecule has 0 aliphatic heterocycles. The van der Waals surface area contributed by atoms with Crippen LogP contribution in [0.25, 0.3) is 0 Å². The first-order chi connectivity index (χ1) is 8.42. The predicted molar refractivity (Wildman–Crippen MR) is 62.4 cm³/mol. The van der Waals surface area contributed by atoms with Crippen LogP contribution in [0.2, 0.25) is 0 Å². The number of nitrogens with one attached hydrogen (secondary N) is 2. The summed E-state index contributed by atoms with van der Waals surface area (Å²) in [5, 5.41) is 10.2. The molecular weight excluding hydrogens is 260 g/mol. The average Bonchev–Trinajstić information content (AvgIpc) is 2.29. The summed E-state index contributed by atoms with van der Waals surface area (Å²) in [7, 11) is -3.88. The fourth-order valence-electron chi connectivity index (χ4n) is 1.14. The normalized spacial score (nSPS) is 10.7. The second kappa shape index (κ2) is 6.01. The van der Waals surface area contributed by atoms with Crippen LogP contribution in [-0.2, 0) is 14.8 Å². The van der Waals surface area contributed by atoms with Crippen molar-refractivity contribution in [2.75, 3.05) is 6.54 Å². The number of hydrogen-bond acceptors (Lipinski definition) is 4. The van der Waals surface area contributed by atoms with E-state index in [1.54, 1.807) is 6.07 Å². The first-order valence-corrected chi connectivity index (χ1v) is 6.47. The Balaban J connectivity index is 2.56. The Hall–Kier alpha value is -2.09. The molecule has 0 bridgehead atoms. The molecule has 8 heteroatoms. The molecule has 0 saturated carbocycles. The highest BCUT2D eigenvalue weighted by atomic mass is 32.2. The van der Waals surface area contributed by atoms with Gasteiger partial charge in [0.25, 0.3) is 10.0 Å². The molecule has 7 nitrogen and oxygen atoms in total. The molecule has 0 atom stereocenters. The van der Waals surface area contributed by atoms with Crippen molar-refractivity contribution in [3.05, 3.63) is 30.3 Å². The Morgan fingerprint density at radius 1 is 1.17 bits per heavy atom. The molecule has 0 aromatic heterocycles. The molecule has 1 aromatic rings. The second-order valence-electron chi connectivity index (χ2n) is 3.32. The van der Waals surface area contributed by atoms with Gasteiger partial charge in [-0.3, -0.25) is 4.79 Å². The van der Waals surface area contributed by atoms with Crippen LogP contribution in [-0.4, -0.2) is 32.1 Å². The summed E-state index contributed by atoms with van der Waals surface area (Å²) in [6, 6.07) is 7.42. The van der Waals surface area contributed by atoms with Crippen molar-refractivity contribution < 1.29 is 23.1 Å². The molecule has 0 radical (unpaired) electrons. The Bertz CT molecular complexity index is 526. The quantitative estimate of drug-likeness (QED) is 0.706. The van der Waals surface area contributed by atoms with E-state index in [0.717, 1.165) is 0 Å². The van der Waals surface area contributed by atoms with Crippen molar-refractivity contribution in [3.63, 3.8) is 0 Å². The number of carboxylic acid groups (broad SMARTS) is 1. The molecule has 0 saturated heterocycles. The van der Waals surface area contributed by atoms with Crippen LogP contribution in [0.4, 0.5) is 4.79 Å². The highest BCUT2D eigenvalue weighted by Crippen LogP contribution is 2.06. The second-order valence-corrected chi connectivity index (χ2v) is 5.01. The Labute approximate surface area is 104 Å². The van der Waals surface area contributed by atoms with Crippen LogP contribution in [0.15, 0.2) is 35.2 Å². The number of carbonyl (C=O) groups is 2. The zero-order valence-electron chi connectivity index (χ0n) is 9.29. The van der Waals surface area contributed by atoms with E-state index in [1.165, 1.54) is 24.3 Å². The van der Waals surface area contributed by atoms with E-state index in [-0.39, 0.29) is 17.9 Å². The van der Waals surface area contributed by atoms with Crippen LogP contribution in [0.5, 0.6) is 0 Å². The van der Waals surface area contributed by atoms with Crippen molar-refractivity contribution in [1.82, 2.24) is 10.0 Å². The van der Waals surface area contributed by atoms with Crippen LogP contribution < -0.4 is 10.0 Å². The summed E-state index contributed by atoms with van der Waals surface area (Å²) in [5.41, 5.74) is 0. The molecular formula is C10H12N2O5S. The molecule has 0 aliphatic carbocycles. The predicted octanol–water partition coefficient (Wildman–Crippen LogP) is 0.149. The van der Waals surface area contributed by atoms with E-state index in [0.29, 0.717) is 0 Å². The monoisotopic (exact) mass is 272 g/mol. The number of carbonyl (C=O) groups excluding carboxylic acids is 1. The molecule has 0 heterocycles. The van der Waals surface area contributed by atoms with Crippen LogP contribution in [0.1, 0.15) is 6.42 Å². The maximum absolute atomic E-state index is 11.7. The summed E-state index contributed by atoms with van der Waals surface area (Å²) in [6.45, 7) is -0.147. The standard InChI is InChI=1S/C10H12N2O5S/c13-9(6-7-11-10(14)15)12-18(16,17)8-4-2-1-3-5-8/h1-5,11H,6-7H2,(H,12,13)(H,14,15). The number of amides is 2. The lowest BCUT2D eigenvalue weighted by Gasteiger charge is -2.06. The SMILES string of the molecule is O=C(O)NCCC(=O)NS(=O)(=O)c1ccccc1. The van der Waals surface area contributed by atoms with E-state index in [9.17, 15) is 18.0 Å². The van der Waals surface area contributed by atoms with Crippen molar-refractivity contribution in [3.8, 4) is 0 Å². The lowest BCUT2D eigenvalue weighted by Crippen LogP contribution is -2.33. The van der Waals surface area contributed by atoms with E-state index in [4.69, 9.17) is 5.11 Å². The molecule has 98 valence electrons. The molecule has 0 fully saturated rings. The van der Waals surface area contributed by atoms with Gasteiger partial charge in [-0.05, 0) is 12.1 Å². The van der Waals surface area contributed by atoms with Gasteiger partial charge in [0, 0.05) is 13.0 Å². The molecule has 3 N–H and O–H groups in total. The molecule has 1 aromatic carbocycles. The maximum atomic E-state index is 11.7. The van der Waals surface area contributed by atoms with Gasteiger partial charge in [0.15, 0.2) is 0 Å². The lowest BCUT2D eigenvalue weighted by atomic mass is 10.4. The van der Waals surface area contributed by atoms with E-state index < -0.39 is 22.0 Å². The Kier molecular flexibility index (Phi) is 4.67. The number of rotatable bonds is 5. The van der Waals surface area contributed by atoms with Gasteiger partial charge in [-0.15, -0.1) is 0 Å². The molecule has 2 amide bonds. The zero-order chi connectivity index (χ0) is 13.6. The topological polar surface area (TPSA) is 113 Å². The van der Waals surface area contributed by atoms with Gasteiger partial charge in [0.1, 0.15) is 0 Å². The minimum absolute atomic E-state index is 0.0236. The molecule has 18 heavy (non-hydrogen) atoms. The lowest BCUT2D eigenvalue weighted by molar-refractivity contribution is -0.119. The van der Waals surface area contributed by atoms with Crippen LogP contribution in [0, 0.1) is 0 Å². The summed E-state index contributed by atoms with van der Waals surface area (Å²) in [5.74, 6) is -0.771. The highest BCUT2D eigenvalue weighted by molar-refractivity contribution is 7.90. The minimum atomic E-state index is -3.88. The first-order valence-electron chi connectivity index (χ1n) is 4.99. The Morgan fingerprint density at radius 3 is 2.33 bits per heavy atom. The minimum Gasteiger partial charge on any atom is -0.465 e. The van der Waals surface area contributed by atoms with Gasteiger partial charge in [0.2, 0.25) is 5.91 Å². The summed E-state index contributed by atoms with van der Waals surface area (Å²) in [4.78, 5) is 21.4.